The molecule has 30 heavy (non-hydrogen) atoms. The van der Waals surface area contributed by atoms with Gasteiger partial charge < -0.3 is 9.80 Å². The second kappa shape index (κ2) is 9.09. The van der Waals surface area contributed by atoms with Gasteiger partial charge in [0.05, 0.1) is 23.3 Å². The summed E-state index contributed by atoms with van der Waals surface area (Å²) in [5.41, 5.74) is 1.89. The van der Waals surface area contributed by atoms with Crippen molar-refractivity contribution >= 4 is 23.4 Å². The average molecular weight is 424 g/mol. The number of rotatable bonds is 4. The maximum Gasteiger partial charge on any atom is 0.276 e. The molecule has 1 saturated heterocycles. The zero-order valence-corrected chi connectivity index (χ0v) is 17.2. The Labute approximate surface area is 179 Å². The second-order valence-electron chi connectivity index (χ2n) is 7.20. The van der Waals surface area contributed by atoms with E-state index in [1.807, 2.05) is 30.3 Å². The van der Waals surface area contributed by atoms with E-state index in [1.54, 1.807) is 44.9 Å². The summed E-state index contributed by atoms with van der Waals surface area (Å²) in [6, 6.07) is 16.9. The van der Waals surface area contributed by atoms with Gasteiger partial charge in [0, 0.05) is 26.2 Å². The van der Waals surface area contributed by atoms with Gasteiger partial charge in [-0.2, -0.15) is 0 Å². The highest BCUT2D eigenvalue weighted by atomic mass is 35.5. The van der Waals surface area contributed by atoms with Crippen LogP contribution in [0.1, 0.15) is 32.8 Å². The first-order valence-corrected chi connectivity index (χ1v) is 10.3. The number of benzene rings is 2. The summed E-state index contributed by atoms with van der Waals surface area (Å²) in [4.78, 5) is 29.2. The van der Waals surface area contributed by atoms with Gasteiger partial charge in [-0.25, -0.2) is 4.68 Å². The van der Waals surface area contributed by atoms with Gasteiger partial charge in [0.2, 0.25) is 0 Å². The van der Waals surface area contributed by atoms with E-state index in [2.05, 4.69) is 10.3 Å². The van der Waals surface area contributed by atoms with Crippen molar-refractivity contribution in [1.29, 1.82) is 0 Å². The Bertz CT molecular complexity index is 1040. The van der Waals surface area contributed by atoms with Crippen LogP contribution in [0.4, 0.5) is 0 Å². The standard InChI is InChI=1S/C22H22ClN5O2/c23-19-10-5-4-9-18(19)21(29)26-11-6-12-27(14-13-26)22(30)20-16-28(25-24-20)15-17-7-2-1-3-8-17/h1-5,7-10,16H,6,11-15H2. The Morgan fingerprint density at radius 3 is 2.27 bits per heavy atom. The first-order valence-electron chi connectivity index (χ1n) is 9.89. The third-order valence-corrected chi connectivity index (χ3v) is 5.45. The van der Waals surface area contributed by atoms with Crippen LogP contribution in [-0.2, 0) is 6.54 Å². The van der Waals surface area contributed by atoms with Crippen molar-refractivity contribution in [1.82, 2.24) is 24.8 Å². The molecule has 0 unspecified atom stereocenters. The van der Waals surface area contributed by atoms with Crippen LogP contribution >= 0.6 is 11.6 Å². The summed E-state index contributed by atoms with van der Waals surface area (Å²) in [5, 5.41) is 8.58. The van der Waals surface area contributed by atoms with E-state index in [0.29, 0.717) is 55.4 Å². The van der Waals surface area contributed by atoms with Crippen molar-refractivity contribution in [2.75, 3.05) is 26.2 Å². The summed E-state index contributed by atoms with van der Waals surface area (Å²) in [6.45, 7) is 2.60. The van der Waals surface area contributed by atoms with Gasteiger partial charge in [-0.05, 0) is 24.1 Å². The molecule has 0 aliphatic carbocycles. The minimum absolute atomic E-state index is 0.108. The van der Waals surface area contributed by atoms with Crippen LogP contribution in [0.3, 0.4) is 0 Å². The highest BCUT2D eigenvalue weighted by Gasteiger charge is 2.25. The molecular formula is C22H22ClN5O2. The molecular weight excluding hydrogens is 402 g/mol. The lowest BCUT2D eigenvalue weighted by molar-refractivity contribution is 0.0715. The Hall–Kier alpha value is -3.19. The van der Waals surface area contributed by atoms with Crippen molar-refractivity contribution in [2.24, 2.45) is 0 Å². The van der Waals surface area contributed by atoms with E-state index in [9.17, 15) is 9.59 Å². The molecule has 1 fully saturated rings. The predicted octanol–water partition coefficient (Wildman–Crippen LogP) is 2.97. The number of amides is 2. The normalized spacial score (nSPS) is 14.4. The van der Waals surface area contributed by atoms with Crippen LogP contribution in [-0.4, -0.2) is 62.8 Å². The molecule has 2 heterocycles. The number of aromatic nitrogens is 3. The maximum absolute atomic E-state index is 12.9. The largest absolute Gasteiger partial charge is 0.337 e. The Kier molecular flexibility index (Phi) is 6.09. The highest BCUT2D eigenvalue weighted by Crippen LogP contribution is 2.18. The van der Waals surface area contributed by atoms with Crippen molar-refractivity contribution in [3.63, 3.8) is 0 Å². The molecule has 0 atom stereocenters. The Balaban J connectivity index is 1.39. The lowest BCUT2D eigenvalue weighted by Crippen LogP contribution is -2.37. The second-order valence-corrected chi connectivity index (χ2v) is 7.61. The summed E-state index contributed by atoms with van der Waals surface area (Å²) in [7, 11) is 0. The fourth-order valence-electron chi connectivity index (χ4n) is 3.53. The minimum atomic E-state index is -0.165. The van der Waals surface area contributed by atoms with Crippen LogP contribution in [0, 0.1) is 0 Å². The zero-order chi connectivity index (χ0) is 20.9. The van der Waals surface area contributed by atoms with E-state index in [-0.39, 0.29) is 11.8 Å². The van der Waals surface area contributed by atoms with Gasteiger partial charge in [-0.3, -0.25) is 9.59 Å². The molecule has 3 aromatic rings. The molecule has 1 aliphatic heterocycles. The smallest absolute Gasteiger partial charge is 0.276 e. The summed E-state index contributed by atoms with van der Waals surface area (Å²) in [6.07, 6.45) is 2.37. The predicted molar refractivity (Wildman–Crippen MR) is 113 cm³/mol. The van der Waals surface area contributed by atoms with E-state index >= 15 is 0 Å². The summed E-state index contributed by atoms with van der Waals surface area (Å²) >= 11 is 6.17. The Morgan fingerprint density at radius 2 is 1.53 bits per heavy atom. The number of nitrogens with zero attached hydrogens (tertiary/aromatic N) is 5. The van der Waals surface area contributed by atoms with E-state index in [1.165, 1.54) is 0 Å². The van der Waals surface area contributed by atoms with Crippen LogP contribution in [0.2, 0.25) is 5.02 Å². The first kappa shape index (κ1) is 20.1. The van der Waals surface area contributed by atoms with Gasteiger partial charge in [0.1, 0.15) is 0 Å². The molecule has 0 N–H and O–H groups in total. The van der Waals surface area contributed by atoms with Gasteiger partial charge in [0.25, 0.3) is 11.8 Å². The van der Waals surface area contributed by atoms with E-state index < -0.39 is 0 Å². The SMILES string of the molecule is O=C(c1cn(Cc2ccccc2)nn1)N1CCCN(C(=O)c2ccccc2Cl)CC1. The molecule has 2 amide bonds. The molecule has 0 radical (unpaired) electrons. The zero-order valence-electron chi connectivity index (χ0n) is 16.4. The first-order chi connectivity index (χ1) is 14.6. The maximum atomic E-state index is 12.9. The molecule has 0 bridgehead atoms. The average Bonchev–Trinajstić information content (AvgIpc) is 3.09. The number of halogens is 1. The Morgan fingerprint density at radius 1 is 0.867 bits per heavy atom. The van der Waals surface area contributed by atoms with Crippen LogP contribution in [0.5, 0.6) is 0 Å². The van der Waals surface area contributed by atoms with Crippen molar-refractivity contribution in [2.45, 2.75) is 13.0 Å². The van der Waals surface area contributed by atoms with Gasteiger partial charge in [-0.1, -0.05) is 59.3 Å². The fourth-order valence-corrected chi connectivity index (χ4v) is 3.75. The van der Waals surface area contributed by atoms with Gasteiger partial charge in [0.15, 0.2) is 5.69 Å². The minimum Gasteiger partial charge on any atom is -0.337 e. The molecule has 154 valence electrons. The fraction of sp³-hybridized carbons (Fsp3) is 0.273. The summed E-state index contributed by atoms with van der Waals surface area (Å²) < 4.78 is 1.66. The molecule has 8 heteroatoms. The van der Waals surface area contributed by atoms with Crippen LogP contribution < -0.4 is 0 Å². The van der Waals surface area contributed by atoms with Crippen LogP contribution in [0.25, 0.3) is 0 Å². The molecule has 4 rings (SSSR count). The van der Waals surface area contributed by atoms with Crippen LogP contribution in [0.15, 0.2) is 60.8 Å². The molecule has 0 spiro atoms. The third kappa shape index (κ3) is 4.52. The van der Waals surface area contributed by atoms with Gasteiger partial charge in [-0.15, -0.1) is 5.10 Å². The number of carbonyl (C=O) groups is 2. The molecule has 2 aromatic carbocycles. The van der Waals surface area contributed by atoms with Crippen molar-refractivity contribution in [3.05, 3.63) is 82.6 Å². The quantitative estimate of drug-likeness (QED) is 0.646. The van der Waals surface area contributed by atoms with E-state index in [4.69, 9.17) is 11.6 Å². The molecule has 7 nitrogen and oxygen atoms in total. The topological polar surface area (TPSA) is 71.3 Å². The lowest BCUT2D eigenvalue weighted by atomic mass is 10.2. The summed E-state index contributed by atoms with van der Waals surface area (Å²) in [5.74, 6) is -0.273. The van der Waals surface area contributed by atoms with Crippen molar-refractivity contribution in [3.8, 4) is 0 Å². The molecule has 1 aromatic heterocycles. The number of hydrogen-bond acceptors (Lipinski definition) is 4. The lowest BCUT2D eigenvalue weighted by Gasteiger charge is -2.22. The number of hydrogen-bond donors (Lipinski definition) is 0. The highest BCUT2D eigenvalue weighted by molar-refractivity contribution is 6.33. The number of carbonyl (C=O) groups excluding carboxylic acids is 2. The monoisotopic (exact) mass is 423 g/mol. The molecule has 1 aliphatic rings. The molecule has 0 saturated carbocycles. The third-order valence-electron chi connectivity index (χ3n) is 5.12. The van der Waals surface area contributed by atoms with E-state index in [0.717, 1.165) is 5.56 Å². The van der Waals surface area contributed by atoms with Gasteiger partial charge >= 0.3 is 0 Å². The van der Waals surface area contributed by atoms with Crippen molar-refractivity contribution < 1.29 is 9.59 Å².